The molecule has 0 saturated carbocycles. The van der Waals surface area contributed by atoms with Gasteiger partial charge in [-0.05, 0) is 5.92 Å². The molecule has 0 aromatic rings. The van der Waals surface area contributed by atoms with E-state index >= 15 is 0 Å². The van der Waals surface area contributed by atoms with Crippen molar-refractivity contribution in [2.75, 3.05) is 32.8 Å². The summed E-state index contributed by atoms with van der Waals surface area (Å²) < 4.78 is 5.21. The molecule has 17 heavy (non-hydrogen) atoms. The zero-order chi connectivity index (χ0) is 12.8. The summed E-state index contributed by atoms with van der Waals surface area (Å²) in [4.78, 5) is 24.2. The Bertz CT molecular complexity index is 275. The molecule has 0 bridgehead atoms. The van der Waals surface area contributed by atoms with Crippen molar-refractivity contribution >= 4 is 11.9 Å². The Hall–Kier alpha value is -1.14. The van der Waals surface area contributed by atoms with Gasteiger partial charge in [-0.2, -0.15) is 0 Å². The fourth-order valence-corrected chi connectivity index (χ4v) is 1.78. The molecule has 2 N–H and O–H groups in total. The molecule has 1 heterocycles. The number of nitrogens with zero attached hydrogens (tertiary/aromatic N) is 1. The summed E-state index contributed by atoms with van der Waals surface area (Å²) in [6, 6.07) is -0.415. The molecule has 0 spiro atoms. The molecule has 6 nitrogen and oxygen atoms in total. The third-order valence-electron chi connectivity index (χ3n) is 2.44. The molecule has 1 amide bonds. The number of carbonyl (C=O) groups is 2. The number of hydrogen-bond donors (Lipinski definition) is 2. The third kappa shape index (κ3) is 4.70. The first kappa shape index (κ1) is 13.9. The van der Waals surface area contributed by atoms with Gasteiger partial charge in [0.1, 0.15) is 12.6 Å². The maximum atomic E-state index is 12.1. The zero-order valence-electron chi connectivity index (χ0n) is 10.3. The Labute approximate surface area is 101 Å². The SMILES string of the molecule is CC(C)CN(CC(=O)O)C(=O)C1COCCN1. The van der Waals surface area contributed by atoms with E-state index in [0.29, 0.717) is 26.3 Å². The van der Waals surface area contributed by atoms with E-state index < -0.39 is 12.0 Å². The van der Waals surface area contributed by atoms with Crippen molar-refractivity contribution in [3.05, 3.63) is 0 Å². The van der Waals surface area contributed by atoms with Gasteiger partial charge < -0.3 is 20.1 Å². The molecule has 0 aliphatic carbocycles. The number of rotatable bonds is 5. The number of carboxylic acids is 1. The van der Waals surface area contributed by atoms with Crippen LogP contribution in [0.1, 0.15) is 13.8 Å². The average Bonchev–Trinajstić information content (AvgIpc) is 2.27. The van der Waals surface area contributed by atoms with Crippen LogP contribution < -0.4 is 5.32 Å². The van der Waals surface area contributed by atoms with Gasteiger partial charge in [0.15, 0.2) is 0 Å². The first-order valence-electron chi connectivity index (χ1n) is 5.82. The highest BCUT2D eigenvalue weighted by Gasteiger charge is 2.27. The molecule has 0 aromatic heterocycles. The highest BCUT2D eigenvalue weighted by molar-refractivity contribution is 5.85. The molecular formula is C11H20N2O4. The lowest BCUT2D eigenvalue weighted by atomic mass is 10.1. The Morgan fingerprint density at radius 2 is 2.24 bits per heavy atom. The minimum Gasteiger partial charge on any atom is -0.480 e. The van der Waals surface area contributed by atoms with Gasteiger partial charge in [0.2, 0.25) is 5.91 Å². The molecule has 98 valence electrons. The number of hydrogen-bond acceptors (Lipinski definition) is 4. The van der Waals surface area contributed by atoms with Crippen molar-refractivity contribution in [3.63, 3.8) is 0 Å². The van der Waals surface area contributed by atoms with Gasteiger partial charge in [-0.15, -0.1) is 0 Å². The second-order valence-corrected chi connectivity index (χ2v) is 4.59. The van der Waals surface area contributed by atoms with Crippen molar-refractivity contribution in [3.8, 4) is 0 Å². The summed E-state index contributed by atoms with van der Waals surface area (Å²) >= 11 is 0. The van der Waals surface area contributed by atoms with Crippen LogP contribution in [0.25, 0.3) is 0 Å². The normalized spacial score (nSPS) is 20.3. The first-order valence-corrected chi connectivity index (χ1v) is 5.82. The summed E-state index contributed by atoms with van der Waals surface area (Å²) in [5.41, 5.74) is 0. The van der Waals surface area contributed by atoms with E-state index in [1.165, 1.54) is 4.90 Å². The van der Waals surface area contributed by atoms with Crippen LogP contribution >= 0.6 is 0 Å². The smallest absolute Gasteiger partial charge is 0.323 e. The van der Waals surface area contributed by atoms with Crippen LogP contribution in [0.4, 0.5) is 0 Å². The fourth-order valence-electron chi connectivity index (χ4n) is 1.78. The first-order chi connectivity index (χ1) is 8.00. The van der Waals surface area contributed by atoms with Crippen LogP contribution in [0, 0.1) is 5.92 Å². The lowest BCUT2D eigenvalue weighted by Crippen LogP contribution is -2.54. The lowest BCUT2D eigenvalue weighted by molar-refractivity contribution is -0.147. The Morgan fingerprint density at radius 1 is 1.53 bits per heavy atom. The van der Waals surface area contributed by atoms with Gasteiger partial charge in [-0.3, -0.25) is 9.59 Å². The van der Waals surface area contributed by atoms with Gasteiger partial charge in [-0.25, -0.2) is 0 Å². The predicted molar refractivity (Wildman–Crippen MR) is 61.7 cm³/mol. The minimum atomic E-state index is -0.990. The maximum absolute atomic E-state index is 12.1. The summed E-state index contributed by atoms with van der Waals surface area (Å²) in [5.74, 6) is -0.945. The van der Waals surface area contributed by atoms with E-state index in [4.69, 9.17) is 9.84 Å². The molecule has 0 radical (unpaired) electrons. The maximum Gasteiger partial charge on any atom is 0.323 e. The molecule has 1 aliphatic heterocycles. The van der Waals surface area contributed by atoms with Crippen LogP contribution in [-0.4, -0.2) is 60.8 Å². The molecule has 1 rings (SSSR count). The van der Waals surface area contributed by atoms with Crippen LogP contribution in [-0.2, 0) is 14.3 Å². The summed E-state index contributed by atoms with van der Waals surface area (Å²) in [5, 5.41) is 11.8. The second kappa shape index (κ2) is 6.56. The molecule has 6 heteroatoms. The van der Waals surface area contributed by atoms with Crippen LogP contribution in [0.15, 0.2) is 0 Å². The molecule has 1 unspecified atom stereocenters. The van der Waals surface area contributed by atoms with Crippen molar-refractivity contribution < 1.29 is 19.4 Å². The average molecular weight is 244 g/mol. The molecule has 1 atom stereocenters. The number of morpholine rings is 1. The van der Waals surface area contributed by atoms with Crippen molar-refractivity contribution in [1.29, 1.82) is 0 Å². The number of nitrogens with one attached hydrogen (secondary N) is 1. The fraction of sp³-hybridized carbons (Fsp3) is 0.818. The molecule has 1 aliphatic rings. The Morgan fingerprint density at radius 3 is 2.71 bits per heavy atom. The Kier molecular flexibility index (Phi) is 5.37. The molecule has 1 fully saturated rings. The summed E-state index contributed by atoms with van der Waals surface area (Å²) in [7, 11) is 0. The largest absolute Gasteiger partial charge is 0.480 e. The quantitative estimate of drug-likeness (QED) is 0.684. The van der Waals surface area contributed by atoms with E-state index in [1.54, 1.807) is 0 Å². The standard InChI is InChI=1S/C11H20N2O4/c1-8(2)5-13(6-10(14)15)11(16)9-7-17-4-3-12-9/h8-9,12H,3-7H2,1-2H3,(H,14,15). The van der Waals surface area contributed by atoms with Gasteiger partial charge in [-0.1, -0.05) is 13.8 Å². The molecule has 1 saturated heterocycles. The lowest BCUT2D eigenvalue weighted by Gasteiger charge is -2.30. The topological polar surface area (TPSA) is 78.9 Å². The van der Waals surface area contributed by atoms with E-state index in [1.807, 2.05) is 13.8 Å². The predicted octanol–water partition coefficient (Wildman–Crippen LogP) is -0.456. The number of ether oxygens (including phenoxy) is 1. The van der Waals surface area contributed by atoms with Gasteiger partial charge in [0.05, 0.1) is 13.2 Å². The molecule has 0 aromatic carbocycles. The summed E-state index contributed by atoms with van der Waals surface area (Å²) in [6.45, 7) is 5.62. The second-order valence-electron chi connectivity index (χ2n) is 4.59. The highest BCUT2D eigenvalue weighted by Crippen LogP contribution is 2.04. The van der Waals surface area contributed by atoms with Crippen LogP contribution in [0.5, 0.6) is 0 Å². The van der Waals surface area contributed by atoms with Gasteiger partial charge in [0.25, 0.3) is 0 Å². The van der Waals surface area contributed by atoms with Crippen molar-refractivity contribution in [2.45, 2.75) is 19.9 Å². The van der Waals surface area contributed by atoms with Gasteiger partial charge in [0, 0.05) is 13.1 Å². The Balaban J connectivity index is 2.60. The van der Waals surface area contributed by atoms with E-state index in [2.05, 4.69) is 5.32 Å². The number of amides is 1. The minimum absolute atomic E-state index is 0.194. The summed E-state index contributed by atoms with van der Waals surface area (Å²) in [6.07, 6.45) is 0. The third-order valence-corrected chi connectivity index (χ3v) is 2.44. The van der Waals surface area contributed by atoms with E-state index in [-0.39, 0.29) is 18.4 Å². The zero-order valence-corrected chi connectivity index (χ0v) is 10.3. The molecular weight excluding hydrogens is 224 g/mol. The monoisotopic (exact) mass is 244 g/mol. The number of carbonyl (C=O) groups excluding carboxylic acids is 1. The van der Waals surface area contributed by atoms with Crippen molar-refractivity contribution in [2.24, 2.45) is 5.92 Å². The van der Waals surface area contributed by atoms with Crippen LogP contribution in [0.3, 0.4) is 0 Å². The van der Waals surface area contributed by atoms with Crippen LogP contribution in [0.2, 0.25) is 0 Å². The number of carboxylic acid groups (broad SMARTS) is 1. The van der Waals surface area contributed by atoms with Gasteiger partial charge >= 0.3 is 5.97 Å². The van der Waals surface area contributed by atoms with E-state index in [0.717, 1.165) is 0 Å². The number of aliphatic carboxylic acids is 1. The highest BCUT2D eigenvalue weighted by atomic mass is 16.5. The van der Waals surface area contributed by atoms with Crippen molar-refractivity contribution in [1.82, 2.24) is 10.2 Å². The van der Waals surface area contributed by atoms with E-state index in [9.17, 15) is 9.59 Å².